The van der Waals surface area contributed by atoms with Gasteiger partial charge in [0.1, 0.15) is 0 Å². The molecule has 4 rings (SSSR count). The van der Waals surface area contributed by atoms with E-state index in [1.54, 1.807) is 12.4 Å². The van der Waals surface area contributed by atoms with Gasteiger partial charge in [-0.05, 0) is 48.7 Å². The van der Waals surface area contributed by atoms with Crippen molar-refractivity contribution in [2.45, 2.75) is 19.4 Å². The first-order valence-corrected chi connectivity index (χ1v) is 8.87. The summed E-state index contributed by atoms with van der Waals surface area (Å²) in [4.78, 5) is 19.3. The first-order valence-electron chi connectivity index (χ1n) is 8.87. The third kappa shape index (κ3) is 3.59. The van der Waals surface area contributed by atoms with Crippen LogP contribution in [0.4, 0.5) is 11.5 Å². The van der Waals surface area contributed by atoms with Crippen molar-refractivity contribution < 1.29 is 4.79 Å². The van der Waals surface area contributed by atoms with Crippen molar-refractivity contribution >= 4 is 17.4 Å². The highest BCUT2D eigenvalue weighted by molar-refractivity contribution is 6.05. The first-order chi connectivity index (χ1) is 12.8. The molecule has 6 nitrogen and oxygen atoms in total. The molecule has 6 heteroatoms. The molecule has 3 aromatic rings. The molecular formula is C20H21N5O. The molecule has 26 heavy (non-hydrogen) atoms. The number of nitrogens with one attached hydrogen (secondary N) is 1. The molecule has 0 unspecified atom stereocenters. The summed E-state index contributed by atoms with van der Waals surface area (Å²) in [5.41, 5.74) is 2.50. The summed E-state index contributed by atoms with van der Waals surface area (Å²) in [6.45, 7) is 2.67. The smallest absolute Gasteiger partial charge is 0.255 e. The second kappa shape index (κ2) is 7.39. The minimum atomic E-state index is -0.121. The van der Waals surface area contributed by atoms with E-state index in [-0.39, 0.29) is 5.91 Å². The molecule has 1 fully saturated rings. The molecule has 1 aliphatic heterocycles. The fraction of sp³-hybridized carbons (Fsp3) is 0.250. The van der Waals surface area contributed by atoms with E-state index in [4.69, 9.17) is 0 Å². The summed E-state index contributed by atoms with van der Waals surface area (Å²) in [5, 5.41) is 7.21. The Morgan fingerprint density at radius 3 is 2.58 bits per heavy atom. The summed E-state index contributed by atoms with van der Waals surface area (Å²) in [7, 11) is 0. The Kier molecular flexibility index (Phi) is 4.64. The molecule has 0 spiro atoms. The van der Waals surface area contributed by atoms with Crippen molar-refractivity contribution in [3.05, 3.63) is 72.2 Å². The molecule has 1 saturated heterocycles. The summed E-state index contributed by atoms with van der Waals surface area (Å²) < 4.78 is 1.85. The lowest BCUT2D eigenvalue weighted by atomic mass is 10.1. The van der Waals surface area contributed by atoms with Crippen LogP contribution in [-0.2, 0) is 6.54 Å². The fourth-order valence-electron chi connectivity index (χ4n) is 3.21. The van der Waals surface area contributed by atoms with Gasteiger partial charge >= 0.3 is 0 Å². The third-order valence-electron chi connectivity index (χ3n) is 4.56. The van der Waals surface area contributed by atoms with Crippen LogP contribution in [0.2, 0.25) is 0 Å². The highest BCUT2D eigenvalue weighted by Gasteiger charge is 2.18. The zero-order valence-electron chi connectivity index (χ0n) is 14.5. The molecule has 1 amide bonds. The molecule has 2 aromatic heterocycles. The number of hydrogen-bond donors (Lipinski definition) is 1. The summed E-state index contributed by atoms with van der Waals surface area (Å²) in [6.07, 6.45) is 7.79. The average molecular weight is 347 g/mol. The van der Waals surface area contributed by atoms with Crippen molar-refractivity contribution in [1.82, 2.24) is 14.8 Å². The van der Waals surface area contributed by atoms with Crippen LogP contribution in [-0.4, -0.2) is 33.8 Å². The van der Waals surface area contributed by atoms with E-state index in [2.05, 4.69) is 20.3 Å². The van der Waals surface area contributed by atoms with Gasteiger partial charge in [-0.25, -0.2) is 4.98 Å². The van der Waals surface area contributed by atoms with Crippen LogP contribution < -0.4 is 10.2 Å². The predicted molar refractivity (Wildman–Crippen MR) is 101 cm³/mol. The Balaban J connectivity index is 1.46. The molecule has 0 bridgehead atoms. The number of rotatable bonds is 5. The Bertz CT molecular complexity index is 867. The van der Waals surface area contributed by atoms with Gasteiger partial charge in [0.25, 0.3) is 5.91 Å². The molecule has 3 heterocycles. The number of pyridine rings is 1. The maximum atomic E-state index is 12.6. The largest absolute Gasteiger partial charge is 0.355 e. The quantitative estimate of drug-likeness (QED) is 0.770. The van der Waals surface area contributed by atoms with Gasteiger partial charge in [0.2, 0.25) is 0 Å². The van der Waals surface area contributed by atoms with E-state index in [1.165, 1.54) is 12.8 Å². The topological polar surface area (TPSA) is 63.1 Å². The van der Waals surface area contributed by atoms with Gasteiger partial charge in [0, 0.05) is 37.2 Å². The first kappa shape index (κ1) is 16.3. The number of hydrogen-bond acceptors (Lipinski definition) is 4. The Morgan fingerprint density at radius 2 is 1.85 bits per heavy atom. The fourth-order valence-corrected chi connectivity index (χ4v) is 3.21. The molecule has 0 radical (unpaired) electrons. The van der Waals surface area contributed by atoms with E-state index < -0.39 is 0 Å². The number of anilines is 2. The second-order valence-electron chi connectivity index (χ2n) is 6.42. The molecular weight excluding hydrogens is 326 g/mol. The van der Waals surface area contributed by atoms with E-state index >= 15 is 0 Å². The predicted octanol–water partition coefficient (Wildman–Crippen LogP) is 3.18. The van der Waals surface area contributed by atoms with Gasteiger partial charge in [0.15, 0.2) is 5.82 Å². The molecule has 1 N–H and O–H groups in total. The minimum Gasteiger partial charge on any atom is -0.355 e. The number of aromatic nitrogens is 3. The van der Waals surface area contributed by atoms with E-state index in [0.29, 0.717) is 12.1 Å². The van der Waals surface area contributed by atoms with Gasteiger partial charge in [-0.2, -0.15) is 5.10 Å². The number of nitrogens with zero attached hydrogens (tertiary/aromatic N) is 4. The number of benzene rings is 1. The monoisotopic (exact) mass is 347 g/mol. The second-order valence-corrected chi connectivity index (χ2v) is 6.42. The van der Waals surface area contributed by atoms with Gasteiger partial charge in [0.05, 0.1) is 12.2 Å². The lowest BCUT2D eigenvalue weighted by molar-refractivity contribution is 0.102. The molecule has 132 valence electrons. The van der Waals surface area contributed by atoms with E-state index in [0.717, 1.165) is 30.2 Å². The van der Waals surface area contributed by atoms with Gasteiger partial charge in [-0.3, -0.25) is 9.48 Å². The van der Waals surface area contributed by atoms with Crippen LogP contribution in [0.25, 0.3) is 0 Å². The summed E-state index contributed by atoms with van der Waals surface area (Å²) in [6, 6.07) is 13.3. The van der Waals surface area contributed by atoms with Gasteiger partial charge in [-0.1, -0.05) is 12.1 Å². The van der Waals surface area contributed by atoms with Crippen LogP contribution in [0.15, 0.2) is 61.1 Å². The van der Waals surface area contributed by atoms with Crippen LogP contribution in [0.5, 0.6) is 0 Å². The average Bonchev–Trinajstić information content (AvgIpc) is 3.37. The zero-order valence-corrected chi connectivity index (χ0v) is 14.5. The van der Waals surface area contributed by atoms with Crippen molar-refractivity contribution in [3.8, 4) is 0 Å². The van der Waals surface area contributed by atoms with Crippen LogP contribution >= 0.6 is 0 Å². The number of carbonyl (C=O) groups is 1. The molecule has 0 aliphatic carbocycles. The van der Waals surface area contributed by atoms with Crippen molar-refractivity contribution in [2.24, 2.45) is 0 Å². The van der Waals surface area contributed by atoms with Crippen LogP contribution in [0.3, 0.4) is 0 Å². The molecule has 0 saturated carbocycles. The highest BCUT2D eigenvalue weighted by Crippen LogP contribution is 2.26. The third-order valence-corrected chi connectivity index (χ3v) is 4.56. The molecule has 1 aliphatic rings. The number of amides is 1. The van der Waals surface area contributed by atoms with Crippen molar-refractivity contribution in [1.29, 1.82) is 0 Å². The lowest BCUT2D eigenvalue weighted by Gasteiger charge is -2.20. The Morgan fingerprint density at radius 1 is 1.04 bits per heavy atom. The number of carbonyl (C=O) groups excluding carboxylic acids is 1. The summed E-state index contributed by atoms with van der Waals surface area (Å²) >= 11 is 0. The molecule has 1 aromatic carbocycles. The SMILES string of the molecule is O=C(Nc1cccnc1N1CCCC1)c1ccc(Cn2cccn2)cc1. The van der Waals surface area contributed by atoms with E-state index in [1.807, 2.05) is 53.3 Å². The van der Waals surface area contributed by atoms with E-state index in [9.17, 15) is 4.79 Å². The van der Waals surface area contributed by atoms with Gasteiger partial charge in [-0.15, -0.1) is 0 Å². The lowest BCUT2D eigenvalue weighted by Crippen LogP contribution is -2.22. The van der Waals surface area contributed by atoms with Crippen LogP contribution in [0.1, 0.15) is 28.8 Å². The highest BCUT2D eigenvalue weighted by atomic mass is 16.1. The Labute approximate surface area is 152 Å². The normalized spacial score (nSPS) is 13.8. The zero-order chi connectivity index (χ0) is 17.8. The standard InChI is InChI=1S/C20H21N5O/c26-20(17-8-6-16(7-9-17)15-25-14-4-11-22-25)23-18-5-3-10-21-19(18)24-12-1-2-13-24/h3-11,14H,1-2,12-13,15H2,(H,23,26). The minimum absolute atomic E-state index is 0.121. The maximum Gasteiger partial charge on any atom is 0.255 e. The van der Waals surface area contributed by atoms with Gasteiger partial charge < -0.3 is 10.2 Å². The summed E-state index contributed by atoms with van der Waals surface area (Å²) in [5.74, 6) is 0.734. The molecule has 0 atom stereocenters. The maximum absolute atomic E-state index is 12.6. The van der Waals surface area contributed by atoms with Crippen molar-refractivity contribution in [2.75, 3.05) is 23.3 Å². The van der Waals surface area contributed by atoms with Crippen molar-refractivity contribution in [3.63, 3.8) is 0 Å². The van der Waals surface area contributed by atoms with Crippen LogP contribution in [0, 0.1) is 0 Å². The Hall–Kier alpha value is -3.15.